The number of benzene rings is 13. The average molecular weight is 1070 g/mol. The molecule has 0 bridgehead atoms. The summed E-state index contributed by atoms with van der Waals surface area (Å²) in [4.78, 5) is 7.64. The molecule has 0 atom stereocenters. The van der Waals surface area contributed by atoms with Gasteiger partial charge in [-0.15, -0.1) is 0 Å². The largest absolute Gasteiger partial charge is 0.456 e. The second-order valence-electron chi connectivity index (χ2n) is 22.1. The van der Waals surface area contributed by atoms with Crippen LogP contribution in [0.3, 0.4) is 0 Å². The zero-order valence-corrected chi connectivity index (χ0v) is 46.3. The Balaban J connectivity index is 0.997. The van der Waals surface area contributed by atoms with Gasteiger partial charge in [-0.05, 0) is 176 Å². The molecular weight excluding hydrogens is 1020 g/mol. The summed E-state index contributed by atoms with van der Waals surface area (Å²) in [5.74, 6) is 0. The maximum atomic E-state index is 7.08. The summed E-state index contributed by atoms with van der Waals surface area (Å²) in [6.07, 6.45) is 0. The minimum Gasteiger partial charge on any atom is -0.456 e. The highest BCUT2D eigenvalue weighted by Gasteiger charge is 2.47. The van der Waals surface area contributed by atoms with Crippen LogP contribution in [0.4, 0.5) is 45.5 Å². The second kappa shape index (κ2) is 20.3. The quantitative estimate of drug-likeness (QED) is 0.127. The zero-order valence-electron chi connectivity index (χ0n) is 46.3. The van der Waals surface area contributed by atoms with Crippen LogP contribution in [0.2, 0.25) is 0 Å². The first-order chi connectivity index (χ1) is 41.6. The van der Waals surface area contributed by atoms with Crippen LogP contribution in [0.1, 0.15) is 5.56 Å². The molecule has 0 spiro atoms. The van der Waals surface area contributed by atoms with E-state index in [4.69, 9.17) is 4.42 Å². The van der Waals surface area contributed by atoms with Crippen LogP contribution in [0.15, 0.2) is 314 Å². The molecule has 2 aliphatic heterocycles. The molecule has 0 unspecified atom stereocenters. The molecule has 3 heterocycles. The van der Waals surface area contributed by atoms with Crippen molar-refractivity contribution in [3.63, 3.8) is 0 Å². The van der Waals surface area contributed by atoms with Gasteiger partial charge in [0.25, 0.3) is 0 Å². The molecule has 84 heavy (non-hydrogen) atoms. The number of hydrogen-bond acceptors (Lipinski definition) is 4. The van der Waals surface area contributed by atoms with E-state index in [0.717, 1.165) is 101 Å². The number of aryl methyl sites for hydroxylation is 1. The third kappa shape index (κ3) is 8.31. The molecule has 0 fully saturated rings. The van der Waals surface area contributed by atoms with Crippen molar-refractivity contribution >= 4 is 85.2 Å². The SMILES string of the molecule is Cc1cc(-c2ccccc2)ccc1N1c2ccc(N(c3ccc(-c4ccccc4)cc3)c3ccc(-c4ccccc4)cc3)cc2B2c3c(cc4oc5ccccc5c4c31)-c1cc(-c3ccccc3)ccc1N2c1cccc(-c2ccccc2)c1. The second-order valence-corrected chi connectivity index (χ2v) is 22.1. The van der Waals surface area contributed by atoms with E-state index >= 15 is 0 Å². The highest BCUT2D eigenvalue weighted by molar-refractivity contribution is 6.94. The fourth-order valence-electron chi connectivity index (χ4n) is 13.2. The van der Waals surface area contributed by atoms with Gasteiger partial charge in [-0.2, -0.15) is 0 Å². The summed E-state index contributed by atoms with van der Waals surface area (Å²) >= 11 is 0. The predicted octanol–water partition coefficient (Wildman–Crippen LogP) is 20.4. The number of hydrogen-bond donors (Lipinski definition) is 0. The van der Waals surface area contributed by atoms with Crippen molar-refractivity contribution < 1.29 is 4.42 Å². The van der Waals surface area contributed by atoms with Gasteiger partial charge in [0.15, 0.2) is 0 Å². The molecule has 14 aromatic rings. The topological polar surface area (TPSA) is 22.9 Å². The first kappa shape index (κ1) is 49.0. The Morgan fingerprint density at radius 3 is 1.36 bits per heavy atom. The summed E-state index contributed by atoms with van der Waals surface area (Å²) in [6.45, 7) is 1.96. The Bertz CT molecular complexity index is 4690. The lowest BCUT2D eigenvalue weighted by Gasteiger charge is -2.46. The van der Waals surface area contributed by atoms with E-state index in [1.807, 2.05) is 0 Å². The fraction of sp³-hybridized carbons (Fsp3) is 0.0127. The van der Waals surface area contributed by atoms with Gasteiger partial charge in [-0.3, -0.25) is 0 Å². The normalized spacial score (nSPS) is 12.3. The predicted molar refractivity (Wildman–Crippen MR) is 354 cm³/mol. The van der Waals surface area contributed by atoms with E-state index in [1.54, 1.807) is 0 Å². The molecule has 16 rings (SSSR count). The van der Waals surface area contributed by atoms with E-state index in [-0.39, 0.29) is 6.85 Å². The van der Waals surface area contributed by atoms with E-state index in [2.05, 4.69) is 331 Å². The van der Waals surface area contributed by atoms with Crippen LogP contribution < -0.4 is 25.5 Å². The van der Waals surface area contributed by atoms with Crippen LogP contribution in [0.25, 0.3) is 88.7 Å². The molecule has 0 aliphatic carbocycles. The van der Waals surface area contributed by atoms with Gasteiger partial charge >= 0.3 is 6.85 Å². The maximum absolute atomic E-state index is 7.08. The number of rotatable bonds is 10. The summed E-state index contributed by atoms with van der Waals surface area (Å²) in [7, 11) is 0. The van der Waals surface area contributed by atoms with Gasteiger partial charge in [0.1, 0.15) is 11.2 Å². The third-order valence-electron chi connectivity index (χ3n) is 17.1. The molecule has 0 saturated heterocycles. The first-order valence-electron chi connectivity index (χ1n) is 28.9. The van der Waals surface area contributed by atoms with Crippen LogP contribution in [0.5, 0.6) is 0 Å². The molecule has 0 N–H and O–H groups in total. The molecule has 13 aromatic carbocycles. The average Bonchev–Trinajstić information content (AvgIpc) is 1.34. The van der Waals surface area contributed by atoms with E-state index in [9.17, 15) is 0 Å². The minimum atomic E-state index is -0.313. The van der Waals surface area contributed by atoms with Crippen molar-refractivity contribution in [3.05, 3.63) is 315 Å². The Labute approximate surface area is 490 Å². The Hall–Kier alpha value is -10.9. The van der Waals surface area contributed by atoms with Crippen molar-refractivity contribution in [2.45, 2.75) is 6.92 Å². The van der Waals surface area contributed by atoms with Gasteiger partial charge in [0, 0.05) is 50.8 Å². The highest BCUT2D eigenvalue weighted by atomic mass is 16.3. The smallest absolute Gasteiger partial charge is 0.333 e. The minimum absolute atomic E-state index is 0.313. The number of fused-ring (bicyclic) bond motifs is 8. The number of furan rings is 1. The standard InChI is InChI=1S/C79H54BN3O/c1-53-48-62(57-26-13-5-14-27-57)38-45-72(53)82-74-47-44-66(81(64-40-34-59(35-41-64)54-20-7-2-8-21-54)65-42-36-60(37-43-65)55-22-9-3-10-23-55)51-71(74)80-78-70(52-76-77(79(78)82)68-32-17-18-33-75(68)84-76)69-50-63(58-28-15-6-16-29-58)39-46-73(69)83(80)67-31-19-30-61(49-67)56-24-11-4-12-25-56/h2-52H,1H3. The van der Waals surface area contributed by atoms with E-state index in [0.29, 0.717) is 0 Å². The monoisotopic (exact) mass is 1070 g/mol. The van der Waals surface area contributed by atoms with Gasteiger partial charge < -0.3 is 19.0 Å². The van der Waals surface area contributed by atoms with E-state index in [1.165, 1.54) is 49.9 Å². The number of nitrogens with zero attached hydrogens (tertiary/aromatic N) is 3. The van der Waals surface area contributed by atoms with Crippen molar-refractivity contribution in [2.24, 2.45) is 0 Å². The Kier molecular flexibility index (Phi) is 11.8. The molecule has 2 aliphatic rings. The highest BCUT2D eigenvalue weighted by Crippen LogP contribution is 2.53. The molecule has 4 nitrogen and oxygen atoms in total. The van der Waals surface area contributed by atoms with Crippen molar-refractivity contribution in [3.8, 4) is 66.8 Å². The lowest BCUT2D eigenvalue weighted by Crippen LogP contribution is -2.61. The van der Waals surface area contributed by atoms with Crippen molar-refractivity contribution in [1.82, 2.24) is 0 Å². The summed E-state index contributed by atoms with van der Waals surface area (Å²) in [5.41, 5.74) is 28.0. The molecule has 0 saturated carbocycles. The zero-order chi connectivity index (χ0) is 55.7. The third-order valence-corrected chi connectivity index (χ3v) is 17.1. The lowest BCUT2D eigenvalue weighted by molar-refractivity contribution is 0.669. The lowest BCUT2D eigenvalue weighted by atomic mass is 9.43. The fourth-order valence-corrected chi connectivity index (χ4v) is 13.2. The molecule has 1 aromatic heterocycles. The van der Waals surface area contributed by atoms with Crippen molar-refractivity contribution in [2.75, 3.05) is 14.6 Å². The van der Waals surface area contributed by atoms with Gasteiger partial charge in [-0.25, -0.2) is 0 Å². The summed E-state index contributed by atoms with van der Waals surface area (Å²) < 4.78 is 7.08. The van der Waals surface area contributed by atoms with Crippen LogP contribution in [-0.4, -0.2) is 6.85 Å². The van der Waals surface area contributed by atoms with Crippen molar-refractivity contribution in [1.29, 1.82) is 0 Å². The molecule has 0 amide bonds. The Morgan fingerprint density at radius 1 is 0.333 bits per heavy atom. The van der Waals surface area contributed by atoms with Crippen LogP contribution >= 0.6 is 0 Å². The summed E-state index contributed by atoms with van der Waals surface area (Å²) in [6, 6.07) is 113. The van der Waals surface area contributed by atoms with Gasteiger partial charge in [0.05, 0.1) is 11.1 Å². The number of anilines is 8. The summed E-state index contributed by atoms with van der Waals surface area (Å²) in [5, 5.41) is 2.17. The van der Waals surface area contributed by atoms with Gasteiger partial charge in [0.2, 0.25) is 0 Å². The van der Waals surface area contributed by atoms with Gasteiger partial charge in [-0.1, -0.05) is 218 Å². The molecule has 0 radical (unpaired) electrons. The molecule has 5 heteroatoms. The molecular formula is C79H54BN3O. The maximum Gasteiger partial charge on any atom is 0.333 e. The number of para-hydroxylation sites is 1. The Morgan fingerprint density at radius 2 is 0.786 bits per heavy atom. The van der Waals surface area contributed by atoms with Crippen LogP contribution in [0, 0.1) is 6.92 Å². The molecule has 394 valence electrons. The first-order valence-corrected chi connectivity index (χ1v) is 28.9. The van der Waals surface area contributed by atoms with Crippen LogP contribution in [-0.2, 0) is 0 Å². The van der Waals surface area contributed by atoms with E-state index < -0.39 is 0 Å².